The number of aromatic amines is 1. The van der Waals surface area contributed by atoms with Crippen molar-refractivity contribution in [1.29, 1.82) is 0 Å². The molecule has 0 saturated heterocycles. The number of aryl methyl sites for hydroxylation is 1. The van der Waals surface area contributed by atoms with Crippen molar-refractivity contribution >= 4 is 54.9 Å². The molecule has 0 fully saturated rings. The van der Waals surface area contributed by atoms with E-state index in [0.29, 0.717) is 11.2 Å². The minimum absolute atomic E-state index is 0. The second kappa shape index (κ2) is 8.13. The molecule has 0 aliphatic rings. The van der Waals surface area contributed by atoms with Crippen LogP contribution in [0.25, 0.3) is 11.2 Å². The number of hydrogen-bond acceptors (Lipinski definition) is 6. The summed E-state index contributed by atoms with van der Waals surface area (Å²) < 4.78 is 2.37. The number of benzene rings is 1. The third kappa shape index (κ3) is 3.86. The molecule has 2 aromatic heterocycles. The number of carboxylic acid groups (broad SMARTS) is 1. The van der Waals surface area contributed by atoms with Crippen LogP contribution in [-0.2, 0) is 14.1 Å². The summed E-state index contributed by atoms with van der Waals surface area (Å²) in [7, 11) is 3.01. The Morgan fingerprint density at radius 1 is 1.17 bits per heavy atom. The molecular weight excluding hydrogens is 344 g/mol. The van der Waals surface area contributed by atoms with Crippen LogP contribution in [0.4, 0.5) is 0 Å². The van der Waals surface area contributed by atoms with Gasteiger partial charge in [-0.15, -0.1) is 0 Å². The molecule has 10 heteroatoms. The Balaban J connectivity index is 0.000000238. The van der Waals surface area contributed by atoms with E-state index in [-0.39, 0.29) is 54.6 Å². The molecule has 0 amide bonds. The van der Waals surface area contributed by atoms with Gasteiger partial charge < -0.3 is 20.0 Å². The maximum Gasteiger partial charge on any atom is 2.00 e. The van der Waals surface area contributed by atoms with E-state index in [1.807, 2.05) is 0 Å². The van der Waals surface area contributed by atoms with Gasteiger partial charge in [-0.05, 0) is 5.56 Å². The summed E-state index contributed by atoms with van der Waals surface area (Å²) in [6.45, 7) is 0. The molecule has 0 spiro atoms. The first-order chi connectivity index (χ1) is 10.8. The summed E-state index contributed by atoms with van der Waals surface area (Å²) in [4.78, 5) is 39.5. The number of fused-ring (bicyclic) bond motifs is 1. The first-order valence-electron chi connectivity index (χ1n) is 6.41. The molecule has 1 aromatic carbocycles. The molecule has 0 atom stereocenters. The molecule has 0 aliphatic carbocycles. The molecule has 0 unspecified atom stereocenters. The van der Waals surface area contributed by atoms with Crippen LogP contribution in [0.1, 0.15) is 10.4 Å². The summed E-state index contributed by atoms with van der Waals surface area (Å²) >= 11 is 0. The van der Waals surface area contributed by atoms with Crippen molar-refractivity contribution in [1.82, 2.24) is 19.1 Å². The number of imidazole rings is 1. The second-order valence-electron chi connectivity index (χ2n) is 4.59. The number of H-pyrrole nitrogens is 1. The molecule has 1 N–H and O–H groups in total. The smallest absolute Gasteiger partial charge is 0.872 e. The van der Waals surface area contributed by atoms with E-state index >= 15 is 0 Å². The number of rotatable bonds is 1. The molecule has 2 heterocycles. The Labute approximate surface area is 165 Å². The van der Waals surface area contributed by atoms with E-state index in [2.05, 4.69) is 9.97 Å². The van der Waals surface area contributed by atoms with Gasteiger partial charge in [0.1, 0.15) is 5.52 Å². The summed E-state index contributed by atoms with van der Waals surface area (Å²) in [5.74, 6) is -1.94. The molecule has 3 aromatic rings. The fraction of sp³-hybridized carbons (Fsp3) is 0.143. The van der Waals surface area contributed by atoms with E-state index in [0.717, 1.165) is 4.57 Å². The van der Waals surface area contributed by atoms with Gasteiger partial charge in [0.25, 0.3) is 5.56 Å². The minimum atomic E-state index is -1.43. The zero-order valence-electron chi connectivity index (χ0n) is 13.0. The van der Waals surface area contributed by atoms with Gasteiger partial charge in [0.05, 0.1) is 12.3 Å². The van der Waals surface area contributed by atoms with Crippen molar-refractivity contribution in [2.75, 3.05) is 0 Å². The second-order valence-corrected chi connectivity index (χ2v) is 4.59. The van der Waals surface area contributed by atoms with Crippen LogP contribution in [0.15, 0.2) is 40.2 Å². The largest absolute Gasteiger partial charge is 2.00 e. The van der Waals surface area contributed by atoms with Gasteiger partial charge in [0, 0.05) is 14.1 Å². The first-order valence-corrected chi connectivity index (χ1v) is 6.41. The van der Waals surface area contributed by atoms with Crippen molar-refractivity contribution in [3.05, 3.63) is 57.0 Å². The third-order valence-electron chi connectivity index (χ3n) is 3.14. The molecule has 0 saturated carbocycles. The van der Waals surface area contributed by atoms with Crippen LogP contribution >= 0.6 is 0 Å². The van der Waals surface area contributed by atoms with Crippen LogP contribution in [0, 0.1) is 0 Å². The number of aromatic nitrogens is 4. The molecule has 9 nitrogen and oxygen atoms in total. The Morgan fingerprint density at radius 2 is 1.79 bits per heavy atom. The standard InChI is InChI=1S/C7H8N4O2.C7H6O3.Ca/c1-10-5-4(8-3-9-5)6(12)11(2)7(10)13;8-6-4-2-1-3-5(6)7(9)10;/h3H,1-2H3,(H,8,9);1-4,8H,(H,9,10);/q;;+2/p-2. The van der Waals surface area contributed by atoms with Gasteiger partial charge in [-0.25, -0.2) is 9.78 Å². The van der Waals surface area contributed by atoms with Crippen molar-refractivity contribution < 1.29 is 15.0 Å². The molecular formula is C14H12CaN4O5. The van der Waals surface area contributed by atoms with Crippen LogP contribution in [0.2, 0.25) is 0 Å². The number of carboxylic acids is 1. The van der Waals surface area contributed by atoms with Gasteiger partial charge in [-0.3, -0.25) is 13.9 Å². The van der Waals surface area contributed by atoms with Gasteiger partial charge in [0.2, 0.25) is 0 Å². The van der Waals surface area contributed by atoms with E-state index in [4.69, 9.17) is 0 Å². The fourth-order valence-electron chi connectivity index (χ4n) is 1.90. The predicted octanol–water partition coefficient (Wildman–Crippen LogP) is -2.30. The molecule has 24 heavy (non-hydrogen) atoms. The Kier molecular flexibility index (Phi) is 6.76. The molecule has 0 radical (unpaired) electrons. The molecule has 120 valence electrons. The fourth-order valence-corrected chi connectivity index (χ4v) is 1.90. The topological polar surface area (TPSA) is 136 Å². The minimum Gasteiger partial charge on any atom is -0.872 e. The quantitative estimate of drug-likeness (QED) is 0.487. The average Bonchev–Trinajstić information content (AvgIpc) is 3.01. The zero-order chi connectivity index (χ0) is 17.1. The predicted molar refractivity (Wildman–Crippen MR) is 82.5 cm³/mol. The summed E-state index contributed by atoms with van der Waals surface area (Å²) in [6, 6.07) is 5.37. The number of carbonyl (C=O) groups excluding carboxylic acids is 1. The monoisotopic (exact) mass is 356 g/mol. The molecule has 3 rings (SSSR count). The number of aromatic carboxylic acids is 1. The number of nitrogens with one attached hydrogen (secondary N) is 1. The maximum atomic E-state index is 11.4. The van der Waals surface area contributed by atoms with E-state index in [1.165, 1.54) is 42.2 Å². The third-order valence-corrected chi connectivity index (χ3v) is 3.14. The number of hydrogen-bond donors (Lipinski definition) is 1. The Hall–Kier alpha value is -2.10. The van der Waals surface area contributed by atoms with Crippen molar-refractivity contribution in [2.45, 2.75) is 0 Å². The zero-order valence-corrected chi connectivity index (χ0v) is 15.2. The van der Waals surface area contributed by atoms with Gasteiger partial charge in [-0.1, -0.05) is 30.0 Å². The number of para-hydroxylation sites is 1. The summed E-state index contributed by atoms with van der Waals surface area (Å²) in [5.41, 5.74) is -0.277. The van der Waals surface area contributed by atoms with Gasteiger partial charge >= 0.3 is 43.4 Å². The first kappa shape index (κ1) is 19.9. The Morgan fingerprint density at radius 3 is 2.33 bits per heavy atom. The van der Waals surface area contributed by atoms with Crippen molar-refractivity contribution in [3.63, 3.8) is 0 Å². The van der Waals surface area contributed by atoms with Crippen LogP contribution in [-0.4, -0.2) is 62.8 Å². The average molecular weight is 356 g/mol. The van der Waals surface area contributed by atoms with Crippen LogP contribution in [0.5, 0.6) is 5.75 Å². The normalized spacial score (nSPS) is 9.75. The van der Waals surface area contributed by atoms with Crippen molar-refractivity contribution in [2.24, 2.45) is 14.1 Å². The van der Waals surface area contributed by atoms with Gasteiger partial charge in [-0.2, -0.15) is 0 Å². The van der Waals surface area contributed by atoms with E-state index in [9.17, 15) is 24.6 Å². The summed E-state index contributed by atoms with van der Waals surface area (Å²) in [5, 5.41) is 20.8. The molecule has 0 aliphatic heterocycles. The summed E-state index contributed by atoms with van der Waals surface area (Å²) in [6.07, 6.45) is 1.39. The Bertz CT molecular complexity index is 989. The number of carbonyl (C=O) groups is 1. The van der Waals surface area contributed by atoms with E-state index < -0.39 is 11.7 Å². The maximum absolute atomic E-state index is 11.4. The van der Waals surface area contributed by atoms with E-state index in [1.54, 1.807) is 7.05 Å². The SMILES string of the molecule is Cn1c(=O)c2[nH]cnc2n(C)c1=O.O=C([O-])c1ccccc1[O-].[Ca+2]. The van der Waals surface area contributed by atoms with Crippen LogP contribution in [0.3, 0.4) is 0 Å². The molecule has 0 bridgehead atoms. The van der Waals surface area contributed by atoms with Crippen molar-refractivity contribution in [3.8, 4) is 5.75 Å². The van der Waals surface area contributed by atoms with Crippen LogP contribution < -0.4 is 21.5 Å². The number of nitrogens with zero attached hydrogens (tertiary/aromatic N) is 3. The van der Waals surface area contributed by atoms with Gasteiger partial charge in [0.15, 0.2) is 5.65 Å².